The molecule has 29 heavy (non-hydrogen) atoms. The van der Waals surface area contributed by atoms with Gasteiger partial charge in [0.15, 0.2) is 0 Å². The lowest BCUT2D eigenvalue weighted by Crippen LogP contribution is -2.46. The van der Waals surface area contributed by atoms with Gasteiger partial charge in [0.25, 0.3) is 5.91 Å². The molecular formula is C22H24N4O3. The van der Waals surface area contributed by atoms with Crippen LogP contribution in [0.1, 0.15) is 29.1 Å². The van der Waals surface area contributed by atoms with Gasteiger partial charge in [0, 0.05) is 38.4 Å². The zero-order chi connectivity index (χ0) is 20.1. The Morgan fingerprint density at radius 1 is 1.21 bits per heavy atom. The second kappa shape index (κ2) is 8.77. The molecule has 0 bridgehead atoms. The third-order valence-electron chi connectivity index (χ3n) is 5.22. The van der Waals surface area contributed by atoms with E-state index >= 15 is 0 Å². The summed E-state index contributed by atoms with van der Waals surface area (Å²) in [5.74, 6) is 0.594. The average molecular weight is 392 g/mol. The number of furan rings is 1. The molecule has 1 fully saturated rings. The summed E-state index contributed by atoms with van der Waals surface area (Å²) in [6, 6.07) is 11.1. The third-order valence-corrected chi connectivity index (χ3v) is 5.22. The number of carbonyl (C=O) groups is 2. The minimum Gasteiger partial charge on any atom is -0.469 e. The number of nitrogens with zero attached hydrogens (tertiary/aromatic N) is 3. The number of carbonyl (C=O) groups excluding carboxylic acids is 2. The average Bonchev–Trinajstić information content (AvgIpc) is 3.46. The van der Waals surface area contributed by atoms with E-state index in [0.717, 1.165) is 24.3 Å². The van der Waals surface area contributed by atoms with Gasteiger partial charge in [0.05, 0.1) is 24.1 Å². The maximum Gasteiger partial charge on any atom is 0.270 e. The fourth-order valence-corrected chi connectivity index (χ4v) is 3.72. The van der Waals surface area contributed by atoms with E-state index in [0.29, 0.717) is 31.7 Å². The molecule has 0 aliphatic carbocycles. The molecule has 0 unspecified atom stereocenters. The Bertz CT molecular complexity index is 950. The number of rotatable bonds is 6. The second-order valence-corrected chi connectivity index (χ2v) is 7.19. The number of hydrogen-bond acceptors (Lipinski definition) is 4. The van der Waals surface area contributed by atoms with Crippen LogP contribution in [-0.4, -0.2) is 45.9 Å². The molecule has 1 saturated heterocycles. The van der Waals surface area contributed by atoms with E-state index in [1.54, 1.807) is 23.6 Å². The maximum atomic E-state index is 13.1. The van der Waals surface area contributed by atoms with Crippen LogP contribution in [0, 0.1) is 5.92 Å². The fourth-order valence-electron chi connectivity index (χ4n) is 3.72. The summed E-state index contributed by atoms with van der Waals surface area (Å²) in [7, 11) is 0. The van der Waals surface area contributed by atoms with E-state index in [1.165, 1.54) is 0 Å². The molecule has 0 spiro atoms. The van der Waals surface area contributed by atoms with Crippen LogP contribution < -0.4 is 5.32 Å². The van der Waals surface area contributed by atoms with E-state index in [2.05, 4.69) is 10.3 Å². The molecule has 0 aromatic carbocycles. The van der Waals surface area contributed by atoms with Crippen molar-refractivity contribution in [3.8, 4) is 5.69 Å². The van der Waals surface area contributed by atoms with Crippen molar-refractivity contribution in [2.75, 3.05) is 19.6 Å². The van der Waals surface area contributed by atoms with Crippen LogP contribution >= 0.6 is 0 Å². The van der Waals surface area contributed by atoms with Gasteiger partial charge in [0.2, 0.25) is 5.91 Å². The van der Waals surface area contributed by atoms with Crippen molar-refractivity contribution in [1.29, 1.82) is 0 Å². The molecule has 3 aromatic heterocycles. The number of aromatic nitrogens is 2. The van der Waals surface area contributed by atoms with Crippen LogP contribution in [0.15, 0.2) is 65.7 Å². The number of piperidine rings is 1. The Morgan fingerprint density at radius 2 is 2.14 bits per heavy atom. The van der Waals surface area contributed by atoms with E-state index in [9.17, 15) is 9.59 Å². The van der Waals surface area contributed by atoms with Crippen LogP contribution in [0.5, 0.6) is 0 Å². The molecule has 150 valence electrons. The molecule has 0 radical (unpaired) electrons. The summed E-state index contributed by atoms with van der Waals surface area (Å²) < 4.78 is 7.12. The highest BCUT2D eigenvalue weighted by Gasteiger charge is 2.30. The van der Waals surface area contributed by atoms with Gasteiger partial charge < -0.3 is 19.2 Å². The molecule has 2 amide bonds. The zero-order valence-corrected chi connectivity index (χ0v) is 16.2. The Kier molecular flexibility index (Phi) is 5.74. The highest BCUT2D eigenvalue weighted by atomic mass is 16.3. The molecule has 7 heteroatoms. The molecule has 1 atom stereocenters. The number of amides is 2. The standard InChI is InChI=1S/C22H24N4O3/c27-21(24-11-9-19-7-4-14-29-19)17-5-2-12-25(16-17)22(28)20-8-3-13-26(20)18-6-1-10-23-15-18/h1,3-4,6-8,10,13-15,17H,2,5,9,11-12,16H2,(H,24,27)/t17-/m1/s1. The topological polar surface area (TPSA) is 80.4 Å². The smallest absolute Gasteiger partial charge is 0.270 e. The normalized spacial score (nSPS) is 16.6. The van der Waals surface area contributed by atoms with Crippen LogP contribution in [0.4, 0.5) is 0 Å². The third kappa shape index (κ3) is 4.39. The van der Waals surface area contributed by atoms with Crippen LogP contribution in [0.2, 0.25) is 0 Å². The first-order valence-corrected chi connectivity index (χ1v) is 9.89. The van der Waals surface area contributed by atoms with Crippen molar-refractivity contribution in [2.45, 2.75) is 19.3 Å². The molecule has 1 aliphatic rings. The molecule has 7 nitrogen and oxygen atoms in total. The molecule has 0 saturated carbocycles. The molecular weight excluding hydrogens is 368 g/mol. The maximum absolute atomic E-state index is 13.1. The minimum absolute atomic E-state index is 0.00306. The van der Waals surface area contributed by atoms with E-state index in [-0.39, 0.29) is 17.7 Å². The Labute approximate surface area is 169 Å². The van der Waals surface area contributed by atoms with Crippen molar-refractivity contribution < 1.29 is 14.0 Å². The van der Waals surface area contributed by atoms with Gasteiger partial charge in [-0.3, -0.25) is 14.6 Å². The largest absolute Gasteiger partial charge is 0.469 e. The van der Waals surface area contributed by atoms with E-state index < -0.39 is 0 Å². The Morgan fingerprint density at radius 3 is 2.93 bits per heavy atom. The highest BCUT2D eigenvalue weighted by molar-refractivity contribution is 5.94. The van der Waals surface area contributed by atoms with Gasteiger partial charge in [-0.2, -0.15) is 0 Å². The van der Waals surface area contributed by atoms with Crippen LogP contribution in [0.3, 0.4) is 0 Å². The summed E-state index contributed by atoms with van der Waals surface area (Å²) in [6.45, 7) is 1.62. The van der Waals surface area contributed by atoms with E-state index in [4.69, 9.17) is 4.42 Å². The van der Waals surface area contributed by atoms with Crippen molar-refractivity contribution in [1.82, 2.24) is 19.8 Å². The summed E-state index contributed by atoms with van der Waals surface area (Å²) >= 11 is 0. The first-order valence-electron chi connectivity index (χ1n) is 9.89. The summed E-state index contributed by atoms with van der Waals surface area (Å²) in [6.07, 6.45) is 9.18. The van der Waals surface area contributed by atoms with Crippen molar-refractivity contribution in [2.24, 2.45) is 5.92 Å². The predicted octanol–water partition coefficient (Wildman–Crippen LogP) is 2.68. The molecule has 3 aromatic rings. The SMILES string of the molecule is O=C(NCCc1ccco1)[C@@H]1CCCN(C(=O)c2cccn2-c2cccnc2)C1. The second-order valence-electron chi connectivity index (χ2n) is 7.19. The van der Waals surface area contributed by atoms with Crippen molar-refractivity contribution >= 4 is 11.8 Å². The van der Waals surface area contributed by atoms with Gasteiger partial charge in [-0.05, 0) is 49.2 Å². The van der Waals surface area contributed by atoms with Crippen molar-refractivity contribution in [3.05, 3.63) is 72.7 Å². The Balaban J connectivity index is 1.38. The first-order chi connectivity index (χ1) is 14.2. The lowest BCUT2D eigenvalue weighted by atomic mass is 9.96. The molecule has 1 aliphatic heterocycles. The lowest BCUT2D eigenvalue weighted by molar-refractivity contribution is -0.126. The predicted molar refractivity (Wildman–Crippen MR) is 108 cm³/mol. The molecule has 4 rings (SSSR count). The monoisotopic (exact) mass is 392 g/mol. The van der Waals surface area contributed by atoms with Gasteiger partial charge in [-0.25, -0.2) is 0 Å². The molecule has 4 heterocycles. The zero-order valence-electron chi connectivity index (χ0n) is 16.2. The van der Waals surface area contributed by atoms with Gasteiger partial charge in [-0.1, -0.05) is 0 Å². The van der Waals surface area contributed by atoms with E-state index in [1.807, 2.05) is 47.2 Å². The summed E-state index contributed by atoms with van der Waals surface area (Å²) in [5, 5.41) is 2.97. The first kappa shape index (κ1) is 19.0. The number of nitrogens with one attached hydrogen (secondary N) is 1. The summed E-state index contributed by atoms with van der Waals surface area (Å²) in [5.41, 5.74) is 1.42. The van der Waals surface area contributed by atoms with Gasteiger partial charge in [0.1, 0.15) is 11.5 Å². The van der Waals surface area contributed by atoms with Crippen LogP contribution in [0.25, 0.3) is 5.69 Å². The highest BCUT2D eigenvalue weighted by Crippen LogP contribution is 2.20. The van der Waals surface area contributed by atoms with Gasteiger partial charge in [-0.15, -0.1) is 0 Å². The summed E-state index contributed by atoms with van der Waals surface area (Å²) in [4.78, 5) is 31.6. The fraction of sp³-hybridized carbons (Fsp3) is 0.318. The lowest BCUT2D eigenvalue weighted by Gasteiger charge is -2.32. The van der Waals surface area contributed by atoms with Gasteiger partial charge >= 0.3 is 0 Å². The molecule has 1 N–H and O–H groups in total. The number of likely N-dealkylation sites (tertiary alicyclic amines) is 1. The Hall–Kier alpha value is -3.35. The number of hydrogen-bond donors (Lipinski definition) is 1. The quantitative estimate of drug-likeness (QED) is 0.699. The van der Waals surface area contributed by atoms with Crippen LogP contribution in [-0.2, 0) is 11.2 Å². The number of pyridine rings is 1. The minimum atomic E-state index is -0.189. The van der Waals surface area contributed by atoms with Crippen molar-refractivity contribution in [3.63, 3.8) is 0 Å².